The van der Waals surface area contributed by atoms with Gasteiger partial charge in [0.25, 0.3) is 0 Å². The number of rotatable bonds is 5. The van der Waals surface area contributed by atoms with E-state index in [1.165, 1.54) is 74.1 Å². The molecule has 9 aromatic rings. The molecule has 2 aliphatic carbocycles. The lowest BCUT2D eigenvalue weighted by molar-refractivity contribution is 0.782. The molecule has 0 saturated carbocycles. The maximum Gasteiger partial charge on any atom is 0.160 e. The summed E-state index contributed by atoms with van der Waals surface area (Å²) in [6.45, 7) is 0. The number of fused-ring (bicyclic) bond motifs is 7. The average molecular weight is 727 g/mol. The third kappa shape index (κ3) is 5.36. The molecule has 11 rings (SSSR count). The molecule has 0 bridgehead atoms. The summed E-state index contributed by atoms with van der Waals surface area (Å²) in [6.07, 6.45) is 9.94. The van der Waals surface area contributed by atoms with Gasteiger partial charge in [-0.15, -0.1) is 22.7 Å². The Morgan fingerprint density at radius 3 is 2.19 bits per heavy atom. The van der Waals surface area contributed by atoms with Gasteiger partial charge in [0.05, 0.1) is 11.4 Å². The van der Waals surface area contributed by atoms with Crippen LogP contribution in [0.25, 0.3) is 81.8 Å². The van der Waals surface area contributed by atoms with Crippen molar-refractivity contribution in [2.45, 2.75) is 25.2 Å². The molecule has 1 unspecified atom stereocenters. The van der Waals surface area contributed by atoms with Gasteiger partial charge in [-0.1, -0.05) is 121 Å². The Hall–Kier alpha value is -5.94. The van der Waals surface area contributed by atoms with Gasteiger partial charge in [-0.25, -0.2) is 9.97 Å². The zero-order valence-electron chi connectivity index (χ0n) is 29.5. The molecule has 2 nitrogen and oxygen atoms in total. The van der Waals surface area contributed by atoms with Gasteiger partial charge >= 0.3 is 0 Å². The fourth-order valence-electron chi connectivity index (χ4n) is 8.51. The lowest BCUT2D eigenvalue weighted by Gasteiger charge is -2.23. The molecule has 4 heteroatoms. The van der Waals surface area contributed by atoms with Crippen LogP contribution in [-0.2, 0) is 6.42 Å². The third-order valence-electron chi connectivity index (χ3n) is 11.2. The van der Waals surface area contributed by atoms with E-state index in [2.05, 4.69) is 164 Å². The number of benzene rings is 6. The second-order valence-electron chi connectivity index (χ2n) is 14.4. The molecular weight excluding hydrogens is 693 g/mol. The number of aryl methyl sites for hydroxylation is 1. The highest BCUT2D eigenvalue weighted by atomic mass is 32.1. The van der Waals surface area contributed by atoms with Crippen molar-refractivity contribution in [2.75, 3.05) is 0 Å². The summed E-state index contributed by atoms with van der Waals surface area (Å²) in [5, 5.41) is 3.98. The Labute approximate surface area is 322 Å². The topological polar surface area (TPSA) is 25.8 Å². The number of hydrogen-bond donors (Lipinski definition) is 0. The normalized spacial score (nSPS) is 15.0. The van der Waals surface area contributed by atoms with Gasteiger partial charge in [0, 0.05) is 46.8 Å². The van der Waals surface area contributed by atoms with E-state index in [1.807, 2.05) is 22.7 Å². The van der Waals surface area contributed by atoms with E-state index in [0.717, 1.165) is 47.6 Å². The molecular formula is C50H34N2S2. The fourth-order valence-corrected chi connectivity index (χ4v) is 10.8. The molecule has 0 saturated heterocycles. The number of nitrogens with zero attached hydrogens (tertiary/aromatic N) is 2. The Balaban J connectivity index is 1.14. The Morgan fingerprint density at radius 2 is 1.28 bits per heavy atom. The van der Waals surface area contributed by atoms with Gasteiger partial charge in [-0.05, 0) is 106 Å². The quantitative estimate of drug-likeness (QED) is 0.176. The SMILES string of the molecule is C1=Cc2ccccc2C(c2cc(-c3cc(-c4ccc5sc6ccccc6c5c4)ccc3C3=Cc4c(sc5ccccc45)CC3)nc(-c3ccccc3)n2)C1. The summed E-state index contributed by atoms with van der Waals surface area (Å²) in [7, 11) is 0. The zero-order chi connectivity index (χ0) is 35.6. The Bertz CT molecular complexity index is 2980. The summed E-state index contributed by atoms with van der Waals surface area (Å²) in [6, 6.07) is 53.1. The van der Waals surface area contributed by atoms with Crippen LogP contribution in [0.1, 0.15) is 51.6 Å². The van der Waals surface area contributed by atoms with Crippen molar-refractivity contribution in [1.82, 2.24) is 9.97 Å². The Morgan fingerprint density at radius 1 is 0.537 bits per heavy atom. The van der Waals surface area contributed by atoms with Gasteiger partial charge in [-0.2, -0.15) is 0 Å². The van der Waals surface area contributed by atoms with Crippen molar-refractivity contribution >= 4 is 70.7 Å². The average Bonchev–Trinajstić information content (AvgIpc) is 3.81. The maximum atomic E-state index is 5.43. The van der Waals surface area contributed by atoms with Crippen LogP contribution in [0, 0.1) is 0 Å². The summed E-state index contributed by atoms with van der Waals surface area (Å²) in [5.74, 6) is 0.909. The van der Waals surface area contributed by atoms with Gasteiger partial charge < -0.3 is 0 Å². The molecule has 0 N–H and O–H groups in total. The molecule has 3 heterocycles. The molecule has 0 fully saturated rings. The highest BCUT2D eigenvalue weighted by Crippen LogP contribution is 2.44. The van der Waals surface area contributed by atoms with Gasteiger partial charge in [0.2, 0.25) is 0 Å². The maximum absolute atomic E-state index is 5.43. The van der Waals surface area contributed by atoms with E-state index in [-0.39, 0.29) is 5.92 Å². The van der Waals surface area contributed by atoms with Crippen LogP contribution < -0.4 is 0 Å². The fraction of sp³-hybridized carbons (Fsp3) is 0.0800. The van der Waals surface area contributed by atoms with E-state index < -0.39 is 0 Å². The highest BCUT2D eigenvalue weighted by Gasteiger charge is 2.25. The molecule has 3 aromatic heterocycles. The van der Waals surface area contributed by atoms with Crippen LogP contribution in [0.2, 0.25) is 0 Å². The number of allylic oxidation sites excluding steroid dienone is 2. The summed E-state index contributed by atoms with van der Waals surface area (Å²) in [4.78, 5) is 12.2. The molecule has 54 heavy (non-hydrogen) atoms. The second-order valence-corrected chi connectivity index (χ2v) is 16.6. The third-order valence-corrected chi connectivity index (χ3v) is 13.6. The predicted molar refractivity (Wildman–Crippen MR) is 231 cm³/mol. The van der Waals surface area contributed by atoms with Crippen molar-refractivity contribution < 1.29 is 0 Å². The second kappa shape index (κ2) is 12.9. The molecule has 256 valence electrons. The molecule has 6 aromatic carbocycles. The lowest BCUT2D eigenvalue weighted by Crippen LogP contribution is -2.10. The first kappa shape index (κ1) is 31.6. The minimum atomic E-state index is 0.143. The smallest absolute Gasteiger partial charge is 0.160 e. The van der Waals surface area contributed by atoms with Gasteiger partial charge in [0.15, 0.2) is 5.82 Å². The predicted octanol–water partition coefficient (Wildman–Crippen LogP) is 14.1. The number of thiophene rings is 2. The lowest BCUT2D eigenvalue weighted by atomic mass is 9.83. The monoisotopic (exact) mass is 726 g/mol. The van der Waals surface area contributed by atoms with E-state index in [9.17, 15) is 0 Å². The standard InChI is InChI=1S/C50H34N2S2/c1-2-12-32(13-3-1)50-51-44(38-18-10-14-31-11-4-5-15-36(31)38)30-45(52-50)41-27-33(34-22-25-48-42(28-34)39-16-6-8-19-46(39)53-48)21-24-37(41)35-23-26-49-43(29-35)40-17-7-9-20-47(40)54-49/h1-17,19-22,24-25,27-30,38H,18,23,26H2. The van der Waals surface area contributed by atoms with Crippen LogP contribution in [0.4, 0.5) is 0 Å². The first-order chi connectivity index (χ1) is 26.7. The van der Waals surface area contributed by atoms with Crippen molar-refractivity contribution in [2.24, 2.45) is 0 Å². The molecule has 0 aliphatic heterocycles. The van der Waals surface area contributed by atoms with Crippen LogP contribution in [0.15, 0.2) is 152 Å². The van der Waals surface area contributed by atoms with Gasteiger partial charge in [-0.3, -0.25) is 0 Å². The largest absolute Gasteiger partial charge is 0.232 e. The summed E-state index contributed by atoms with van der Waals surface area (Å²) < 4.78 is 4.01. The number of hydrogen-bond acceptors (Lipinski definition) is 4. The minimum absolute atomic E-state index is 0.143. The van der Waals surface area contributed by atoms with Crippen molar-refractivity contribution in [3.63, 3.8) is 0 Å². The first-order valence-corrected chi connectivity index (χ1v) is 20.3. The van der Waals surface area contributed by atoms with Crippen LogP contribution in [0.3, 0.4) is 0 Å². The number of aromatic nitrogens is 2. The molecule has 1 atom stereocenters. The molecule has 2 aliphatic rings. The molecule has 0 spiro atoms. The molecule has 0 radical (unpaired) electrons. The summed E-state index contributed by atoms with van der Waals surface area (Å²) in [5.41, 5.74) is 13.2. The van der Waals surface area contributed by atoms with E-state index >= 15 is 0 Å². The van der Waals surface area contributed by atoms with E-state index in [0.29, 0.717) is 0 Å². The van der Waals surface area contributed by atoms with Crippen LogP contribution in [0.5, 0.6) is 0 Å². The van der Waals surface area contributed by atoms with Crippen molar-refractivity contribution in [3.8, 4) is 33.8 Å². The highest BCUT2D eigenvalue weighted by molar-refractivity contribution is 7.25. The van der Waals surface area contributed by atoms with Crippen molar-refractivity contribution in [3.05, 3.63) is 184 Å². The Kier molecular flexibility index (Phi) is 7.53. The van der Waals surface area contributed by atoms with Crippen LogP contribution >= 0.6 is 22.7 Å². The minimum Gasteiger partial charge on any atom is -0.232 e. The zero-order valence-corrected chi connectivity index (χ0v) is 31.1. The van der Waals surface area contributed by atoms with E-state index in [1.54, 1.807) is 0 Å². The van der Waals surface area contributed by atoms with Gasteiger partial charge in [0.1, 0.15) is 0 Å². The first-order valence-electron chi connectivity index (χ1n) is 18.7. The van der Waals surface area contributed by atoms with Crippen molar-refractivity contribution in [1.29, 1.82) is 0 Å². The van der Waals surface area contributed by atoms with Crippen LogP contribution in [-0.4, -0.2) is 9.97 Å². The summed E-state index contributed by atoms with van der Waals surface area (Å²) >= 11 is 3.81. The molecule has 0 amide bonds. The van der Waals surface area contributed by atoms with E-state index in [4.69, 9.17) is 9.97 Å².